The molecule has 5 N–H and O–H groups in total. The van der Waals surface area contributed by atoms with Crippen molar-refractivity contribution < 1.29 is 55.7 Å². The Bertz CT molecular complexity index is 1550. The average Bonchev–Trinajstić information content (AvgIpc) is 3.42. The predicted molar refractivity (Wildman–Crippen MR) is 168 cm³/mol. The first kappa shape index (κ1) is 38.2. The third-order valence-electron chi connectivity index (χ3n) is 7.97. The molecule has 4 heterocycles. The number of fused-ring (bicyclic) bond motifs is 4. The zero-order chi connectivity index (χ0) is 35.8. The highest BCUT2D eigenvalue weighted by atomic mass is 32.2. The Balaban J connectivity index is 0.000000230. The van der Waals surface area contributed by atoms with Gasteiger partial charge in [-0.15, -0.1) is 0 Å². The van der Waals surface area contributed by atoms with Gasteiger partial charge in [0, 0.05) is 26.2 Å². The lowest BCUT2D eigenvalue weighted by Crippen LogP contribution is -2.50. The molecule has 0 aliphatic carbocycles. The number of urea groups is 2. The van der Waals surface area contributed by atoms with Crippen LogP contribution in [0.25, 0.3) is 0 Å². The third-order valence-corrected chi connectivity index (χ3v) is 9.43. The molecule has 0 saturated carbocycles. The molecule has 5 rings (SSSR count). The second-order valence-electron chi connectivity index (χ2n) is 11.8. The number of hydrogen-bond donors (Lipinski definition) is 5. The van der Waals surface area contributed by atoms with E-state index in [9.17, 15) is 41.2 Å². The number of amides is 6. The molecule has 274 valence electrons. The maximum absolute atomic E-state index is 12.6. The van der Waals surface area contributed by atoms with Crippen molar-refractivity contribution in [3.63, 3.8) is 0 Å². The zero-order valence-electron chi connectivity index (χ0n) is 27.0. The summed E-state index contributed by atoms with van der Waals surface area (Å²) in [5, 5.41) is 11.5. The zero-order valence-corrected chi connectivity index (χ0v) is 28.7. The Morgan fingerprint density at radius 2 is 1.27 bits per heavy atom. The van der Waals surface area contributed by atoms with E-state index in [1.165, 1.54) is 14.9 Å². The van der Waals surface area contributed by atoms with Crippen LogP contribution in [-0.4, -0.2) is 142 Å². The Morgan fingerprint density at radius 1 is 0.776 bits per heavy atom. The molecule has 1 aromatic rings. The fourth-order valence-electron chi connectivity index (χ4n) is 5.65. The largest absolute Gasteiger partial charge is 0.345 e. The van der Waals surface area contributed by atoms with E-state index in [0.29, 0.717) is 43.8 Å². The van der Waals surface area contributed by atoms with Crippen LogP contribution in [0.1, 0.15) is 31.2 Å². The Labute approximate surface area is 283 Å². The number of benzene rings is 1. The number of sulfonamides is 2. The molecule has 6 amide bonds. The number of rotatable bonds is 15. The molecule has 0 aromatic heterocycles. The second-order valence-corrected chi connectivity index (χ2v) is 15.4. The van der Waals surface area contributed by atoms with Gasteiger partial charge >= 0.3 is 12.1 Å². The summed E-state index contributed by atoms with van der Waals surface area (Å²) in [4.78, 5) is 67.0. The highest BCUT2D eigenvalue weighted by Crippen LogP contribution is 2.31. The van der Waals surface area contributed by atoms with E-state index < -0.39 is 50.0 Å². The van der Waals surface area contributed by atoms with Crippen LogP contribution in [0.15, 0.2) is 30.3 Å². The minimum atomic E-state index is -3.31. The van der Waals surface area contributed by atoms with E-state index in [-0.39, 0.29) is 51.0 Å². The fourth-order valence-corrected chi connectivity index (χ4v) is 6.56. The lowest BCUT2D eigenvalue weighted by atomic mass is 10.0. The van der Waals surface area contributed by atoms with Crippen molar-refractivity contribution in [2.24, 2.45) is 0 Å². The predicted octanol–water partition coefficient (Wildman–Crippen LogP) is -1.77. The van der Waals surface area contributed by atoms with E-state index in [4.69, 9.17) is 14.5 Å². The molecule has 22 heteroatoms. The summed E-state index contributed by atoms with van der Waals surface area (Å²) < 4.78 is 48.0. The van der Waals surface area contributed by atoms with E-state index in [1.54, 1.807) is 0 Å². The first-order valence-electron chi connectivity index (χ1n) is 15.4. The molecule has 0 radical (unpaired) electrons. The van der Waals surface area contributed by atoms with E-state index in [0.717, 1.165) is 18.1 Å². The van der Waals surface area contributed by atoms with Crippen molar-refractivity contribution in [3.05, 3.63) is 35.9 Å². The van der Waals surface area contributed by atoms with Crippen LogP contribution < -0.4 is 20.4 Å². The minimum Gasteiger partial charge on any atom is -0.309 e. The van der Waals surface area contributed by atoms with Crippen molar-refractivity contribution in [3.8, 4) is 0 Å². The van der Waals surface area contributed by atoms with E-state index in [2.05, 4.69) is 20.4 Å². The van der Waals surface area contributed by atoms with Gasteiger partial charge in [-0.05, 0) is 31.2 Å². The van der Waals surface area contributed by atoms with Gasteiger partial charge in [0.1, 0.15) is 18.7 Å². The molecule has 0 spiro atoms. The van der Waals surface area contributed by atoms with Crippen LogP contribution in [0.2, 0.25) is 0 Å². The van der Waals surface area contributed by atoms with Crippen molar-refractivity contribution in [2.75, 3.05) is 51.9 Å². The molecular weight excluding hydrogens is 692 g/mol. The number of carbonyl (C=O) groups is 4. The lowest BCUT2D eigenvalue weighted by molar-refractivity contribution is -0.141. The molecule has 4 aliphatic rings. The van der Waals surface area contributed by atoms with Gasteiger partial charge in [-0.2, -0.15) is 5.06 Å². The average molecular weight is 735 g/mol. The molecule has 1 aromatic carbocycles. The SMILES string of the molecule is CS(=O)(=O)NCCONC(=O)[C@@H]1CC[C@@H]2CN1C(=O)N2O.CS(=O)(=O)NCCONC(=O)[C@@H]1CC[C@@H]2CN1C(=O)N2OCc1ccccc1. The van der Waals surface area contributed by atoms with Crippen molar-refractivity contribution >= 4 is 43.9 Å². The summed E-state index contributed by atoms with van der Waals surface area (Å²) in [5.41, 5.74) is 5.43. The number of nitrogens with one attached hydrogen (secondary N) is 4. The Hall–Kier alpha value is -3.64. The number of hydroxylamine groups is 6. The van der Waals surface area contributed by atoms with Crippen LogP contribution >= 0.6 is 0 Å². The van der Waals surface area contributed by atoms with E-state index >= 15 is 0 Å². The van der Waals surface area contributed by atoms with Crippen LogP contribution in [0.5, 0.6) is 0 Å². The van der Waals surface area contributed by atoms with E-state index in [1.807, 2.05) is 30.3 Å². The number of piperidine rings is 2. The minimum absolute atomic E-state index is 0.0194. The van der Waals surface area contributed by atoms with Gasteiger partial charge in [0.05, 0.1) is 37.8 Å². The second kappa shape index (κ2) is 16.8. The van der Waals surface area contributed by atoms with Crippen LogP contribution in [0.4, 0.5) is 9.59 Å². The molecule has 20 nitrogen and oxygen atoms in total. The van der Waals surface area contributed by atoms with Crippen molar-refractivity contribution in [1.82, 2.24) is 40.3 Å². The molecular formula is C27H42N8O12S2. The topological polar surface area (TPSA) is 246 Å². The van der Waals surface area contributed by atoms with Gasteiger partial charge < -0.3 is 9.80 Å². The Kier molecular flexibility index (Phi) is 13.1. The molecule has 4 aliphatic heterocycles. The van der Waals surface area contributed by atoms with Gasteiger partial charge in [0.15, 0.2) is 0 Å². The van der Waals surface area contributed by atoms with Crippen LogP contribution in [-0.2, 0) is 50.8 Å². The van der Waals surface area contributed by atoms with Gasteiger partial charge in [-0.3, -0.25) is 29.3 Å². The molecule has 4 bridgehead atoms. The third kappa shape index (κ3) is 10.9. The van der Waals surface area contributed by atoms with Crippen molar-refractivity contribution in [1.29, 1.82) is 0 Å². The fraction of sp³-hybridized carbons (Fsp3) is 0.630. The summed E-state index contributed by atoms with van der Waals surface area (Å²) in [7, 11) is -6.60. The van der Waals surface area contributed by atoms with Crippen LogP contribution in [0, 0.1) is 0 Å². The maximum Gasteiger partial charge on any atom is 0.345 e. The highest BCUT2D eigenvalue weighted by molar-refractivity contribution is 7.89. The maximum atomic E-state index is 12.6. The summed E-state index contributed by atoms with van der Waals surface area (Å²) in [5.74, 6) is -0.924. The van der Waals surface area contributed by atoms with Gasteiger partial charge in [0.2, 0.25) is 20.0 Å². The van der Waals surface area contributed by atoms with Gasteiger partial charge in [-0.25, -0.2) is 51.9 Å². The standard InChI is InChI=1S/C17H24N4O6S.C10H18N4O6S/c1-28(24,25)18-9-10-26-19-16(22)15-8-7-14-11-20(15)17(23)21(14)27-12-13-5-3-2-4-6-13;1-21(18,19)11-4-5-20-12-9(15)8-3-2-7-6-13(8)10(16)14(7)17/h2-6,14-15,18H,7-12H2,1H3,(H,19,22);7-8,11,17H,2-6H2,1H3,(H,12,15)/t14-,15+;7-,8+/m11/s1. The normalized spacial score (nSPS) is 23.3. The number of nitrogens with zero attached hydrogens (tertiary/aromatic N) is 4. The molecule has 49 heavy (non-hydrogen) atoms. The molecule has 4 saturated heterocycles. The number of carbonyl (C=O) groups excluding carboxylic acids is 4. The molecule has 0 unspecified atom stereocenters. The first-order chi connectivity index (χ1) is 23.1. The van der Waals surface area contributed by atoms with Gasteiger partial charge in [0.25, 0.3) is 11.8 Å². The first-order valence-corrected chi connectivity index (χ1v) is 19.2. The van der Waals surface area contributed by atoms with Gasteiger partial charge in [-0.1, -0.05) is 30.3 Å². The summed E-state index contributed by atoms with van der Waals surface area (Å²) in [6.45, 7) is 1.02. The smallest absolute Gasteiger partial charge is 0.309 e. The summed E-state index contributed by atoms with van der Waals surface area (Å²) >= 11 is 0. The molecule has 4 fully saturated rings. The molecule has 4 atom stereocenters. The monoisotopic (exact) mass is 734 g/mol. The Morgan fingerprint density at radius 3 is 1.80 bits per heavy atom. The lowest BCUT2D eigenvalue weighted by Gasteiger charge is -2.28. The number of hydrogen-bond acceptors (Lipinski definition) is 12. The quantitative estimate of drug-likeness (QED) is 0.0764. The summed E-state index contributed by atoms with van der Waals surface area (Å²) in [6.07, 6.45) is 4.16. The summed E-state index contributed by atoms with van der Waals surface area (Å²) in [6, 6.07) is 6.95. The van der Waals surface area contributed by atoms with Crippen molar-refractivity contribution in [2.45, 2.75) is 56.5 Å². The highest BCUT2D eigenvalue weighted by Gasteiger charge is 2.48. The van der Waals surface area contributed by atoms with Crippen LogP contribution in [0.3, 0.4) is 0 Å².